The Balaban J connectivity index is 1.39. The highest BCUT2D eigenvalue weighted by Gasteiger charge is 2.38. The Hall–Kier alpha value is -1.23. The number of benzene rings is 2. The Morgan fingerprint density at radius 1 is 1.10 bits per heavy atom. The highest BCUT2D eigenvalue weighted by Crippen LogP contribution is 2.37. The van der Waals surface area contributed by atoms with Crippen LogP contribution in [0.25, 0.3) is 0 Å². The zero-order valence-corrected chi connectivity index (χ0v) is 25.1. The molecule has 1 atom stereocenters. The Morgan fingerprint density at radius 2 is 1.74 bits per heavy atom. The van der Waals surface area contributed by atoms with Crippen LogP contribution in [0, 0.1) is 5.82 Å². The van der Waals surface area contributed by atoms with Gasteiger partial charge in [-0.05, 0) is 67.6 Å². The average Bonchev–Trinajstić information content (AvgIpc) is 3.16. The molecule has 1 saturated carbocycles. The molecule has 4 rings (SSSR count). The maximum atomic E-state index is 13.3. The molecule has 1 aliphatic carbocycles. The van der Waals surface area contributed by atoms with Gasteiger partial charge in [-0.3, -0.25) is 14.4 Å². The smallest absolute Gasteiger partial charge is 0.262 e. The number of amides is 1. The number of thioether (sulfide) groups is 1. The highest BCUT2D eigenvalue weighted by molar-refractivity contribution is 7.99. The van der Waals surface area contributed by atoms with Crippen LogP contribution in [-0.2, 0) is 9.53 Å². The Labute approximate surface area is 248 Å². The van der Waals surface area contributed by atoms with E-state index in [0.717, 1.165) is 48.4 Å². The molecular formula is C28H35Cl2F2N3O2S2. The lowest BCUT2D eigenvalue weighted by atomic mass is 9.93. The van der Waals surface area contributed by atoms with E-state index < -0.39 is 11.8 Å². The van der Waals surface area contributed by atoms with Crippen molar-refractivity contribution < 1.29 is 18.3 Å². The summed E-state index contributed by atoms with van der Waals surface area (Å²) in [5.41, 5.74) is -0.185. The van der Waals surface area contributed by atoms with E-state index in [2.05, 4.69) is 14.9 Å². The molecule has 39 heavy (non-hydrogen) atoms. The minimum atomic E-state index is -0.799. The predicted molar refractivity (Wildman–Crippen MR) is 158 cm³/mol. The lowest BCUT2D eigenvalue weighted by Crippen LogP contribution is -2.49. The molecule has 1 aliphatic heterocycles. The van der Waals surface area contributed by atoms with Crippen LogP contribution < -0.4 is 10.0 Å². The van der Waals surface area contributed by atoms with E-state index in [1.165, 1.54) is 24.1 Å². The van der Waals surface area contributed by atoms with Crippen molar-refractivity contribution in [3.63, 3.8) is 0 Å². The molecule has 1 unspecified atom stereocenters. The average molecular weight is 619 g/mol. The molecular weight excluding hydrogens is 583 g/mol. The number of nitrogens with zero attached hydrogens (tertiary/aromatic N) is 1. The van der Waals surface area contributed by atoms with E-state index >= 15 is 0 Å². The maximum absolute atomic E-state index is 13.3. The largest absolute Gasteiger partial charge is 0.379 e. The van der Waals surface area contributed by atoms with Gasteiger partial charge in [0.2, 0.25) is 0 Å². The number of halogens is 4. The number of carbonyl (C=O) groups excluding carboxylic acids is 1. The van der Waals surface area contributed by atoms with E-state index in [1.54, 1.807) is 43.1 Å². The molecule has 1 saturated heterocycles. The van der Waals surface area contributed by atoms with Crippen molar-refractivity contribution in [3.8, 4) is 0 Å². The molecule has 0 bridgehead atoms. The second-order valence-electron chi connectivity index (χ2n) is 10.2. The zero-order valence-electron chi connectivity index (χ0n) is 22.0. The van der Waals surface area contributed by atoms with Gasteiger partial charge < -0.3 is 10.1 Å². The monoisotopic (exact) mass is 617 g/mol. The van der Waals surface area contributed by atoms with Gasteiger partial charge in [0.05, 0.1) is 15.7 Å². The number of nitrogens with one attached hydrogen (secondary N) is 2. The number of hydrogen-bond acceptors (Lipinski definition) is 6. The number of alkyl halides is 1. The molecule has 2 aliphatic rings. The number of methoxy groups -OCH3 is 1. The first kappa shape index (κ1) is 30.7. The van der Waals surface area contributed by atoms with Gasteiger partial charge in [-0.1, -0.05) is 48.9 Å². The van der Waals surface area contributed by atoms with E-state index in [9.17, 15) is 13.6 Å². The summed E-state index contributed by atoms with van der Waals surface area (Å²) in [6.45, 7) is 1.67. The number of anilines is 1. The summed E-state index contributed by atoms with van der Waals surface area (Å²) < 4.78 is 35.3. The van der Waals surface area contributed by atoms with E-state index in [4.69, 9.17) is 27.9 Å². The highest BCUT2D eigenvalue weighted by atomic mass is 35.5. The predicted octanol–water partition coefficient (Wildman–Crippen LogP) is 7.61. The van der Waals surface area contributed by atoms with Crippen molar-refractivity contribution in [1.29, 1.82) is 0 Å². The van der Waals surface area contributed by atoms with Crippen molar-refractivity contribution >= 4 is 58.5 Å². The summed E-state index contributed by atoms with van der Waals surface area (Å²) in [7, 11) is 1.60. The molecule has 0 aromatic heterocycles. The molecule has 2 aromatic carbocycles. The number of carbonyl (C=O) groups is 1. The third-order valence-corrected chi connectivity index (χ3v) is 9.84. The molecule has 5 nitrogen and oxygen atoms in total. The van der Waals surface area contributed by atoms with Gasteiger partial charge in [-0.15, -0.1) is 11.8 Å². The molecule has 11 heteroatoms. The van der Waals surface area contributed by atoms with Crippen LogP contribution in [0.3, 0.4) is 0 Å². The van der Waals surface area contributed by atoms with Gasteiger partial charge in [0, 0.05) is 48.3 Å². The summed E-state index contributed by atoms with van der Waals surface area (Å²) in [5.74, 6) is 0.286. The van der Waals surface area contributed by atoms with Gasteiger partial charge >= 0.3 is 0 Å². The van der Waals surface area contributed by atoms with Gasteiger partial charge in [-0.25, -0.2) is 8.78 Å². The Morgan fingerprint density at radius 3 is 2.33 bits per heavy atom. The summed E-state index contributed by atoms with van der Waals surface area (Å²) in [6, 6.07) is 9.94. The van der Waals surface area contributed by atoms with E-state index in [0.29, 0.717) is 47.4 Å². The van der Waals surface area contributed by atoms with Crippen LogP contribution in [0.5, 0.6) is 0 Å². The molecule has 2 aromatic rings. The topological polar surface area (TPSA) is 53.6 Å². The molecule has 0 spiro atoms. The van der Waals surface area contributed by atoms with Crippen LogP contribution >= 0.6 is 46.9 Å². The van der Waals surface area contributed by atoms with Crippen molar-refractivity contribution in [2.24, 2.45) is 0 Å². The van der Waals surface area contributed by atoms with Crippen molar-refractivity contribution in [2.75, 3.05) is 37.8 Å². The third kappa shape index (κ3) is 8.63. The number of hydrogen-bond donors (Lipinski definition) is 2. The maximum Gasteiger partial charge on any atom is 0.262 e. The lowest BCUT2D eigenvalue weighted by molar-refractivity contribution is -0.143. The van der Waals surface area contributed by atoms with Crippen molar-refractivity contribution in [1.82, 2.24) is 9.62 Å². The SMILES string of the molecule is COC1(C(=O)NSc2cc(Cl)c(NC(CCN3CC(F)C3)CSc3ccc(F)cc3)c(Cl)c2)CCCCCC1. The summed E-state index contributed by atoms with van der Waals surface area (Å²) in [4.78, 5) is 16.8. The number of likely N-dealkylation sites (tertiary alicyclic amines) is 1. The van der Waals surface area contributed by atoms with E-state index in [-0.39, 0.29) is 17.8 Å². The lowest BCUT2D eigenvalue weighted by Gasteiger charge is -2.35. The first-order valence-electron chi connectivity index (χ1n) is 13.3. The fourth-order valence-corrected chi connectivity index (χ4v) is 7.37. The zero-order chi connectivity index (χ0) is 27.8. The van der Waals surface area contributed by atoms with E-state index in [1.807, 2.05) is 0 Å². The first-order valence-corrected chi connectivity index (χ1v) is 15.9. The molecule has 1 heterocycles. The second-order valence-corrected chi connectivity index (χ2v) is 12.9. The van der Waals surface area contributed by atoms with Crippen LogP contribution in [0.1, 0.15) is 44.9 Å². The molecule has 1 amide bonds. The second kappa shape index (κ2) is 14.6. The third-order valence-electron chi connectivity index (χ3n) is 7.31. The fraction of sp³-hybridized carbons (Fsp3) is 0.536. The Kier molecular flexibility index (Phi) is 11.5. The molecule has 0 radical (unpaired) electrons. The summed E-state index contributed by atoms with van der Waals surface area (Å²) in [5, 5.41) is 4.37. The van der Waals surface area contributed by atoms with Gasteiger partial charge in [0.25, 0.3) is 5.91 Å². The van der Waals surface area contributed by atoms with Gasteiger partial charge in [0.1, 0.15) is 17.6 Å². The van der Waals surface area contributed by atoms with Crippen LogP contribution in [0.15, 0.2) is 46.2 Å². The van der Waals surface area contributed by atoms with Crippen molar-refractivity contribution in [3.05, 3.63) is 52.3 Å². The normalized spacial score (nSPS) is 18.7. The minimum Gasteiger partial charge on any atom is -0.379 e. The first-order chi connectivity index (χ1) is 18.8. The minimum absolute atomic E-state index is 0.0104. The van der Waals surface area contributed by atoms with Crippen LogP contribution in [-0.4, -0.2) is 61.1 Å². The number of rotatable bonds is 12. The fourth-order valence-electron chi connectivity index (χ4n) is 4.93. The molecule has 2 fully saturated rings. The van der Waals surface area contributed by atoms with Gasteiger partial charge in [0.15, 0.2) is 0 Å². The molecule has 2 N–H and O–H groups in total. The standard InChI is InChI=1S/C28H35Cl2F2N3O2S2/c1-37-28(11-4-2-3-5-12-28)27(36)34-39-23-14-24(29)26(25(30)15-23)33-21(10-13-35-16-20(32)17-35)18-38-22-8-6-19(31)7-9-22/h6-9,14-15,20-21,33H,2-5,10-13,16-18H2,1H3,(H,34,36). The quantitative estimate of drug-likeness (QED) is 0.145. The number of ether oxygens (including phenoxy) is 1. The van der Waals surface area contributed by atoms with Crippen LogP contribution in [0.2, 0.25) is 10.0 Å². The summed E-state index contributed by atoms with van der Waals surface area (Å²) >= 11 is 16.1. The van der Waals surface area contributed by atoms with Crippen LogP contribution in [0.4, 0.5) is 14.5 Å². The van der Waals surface area contributed by atoms with Gasteiger partial charge in [-0.2, -0.15) is 0 Å². The molecule has 214 valence electrons. The Bertz CT molecular complexity index is 1080. The van der Waals surface area contributed by atoms with Crippen molar-refractivity contribution in [2.45, 2.75) is 72.6 Å². The summed E-state index contributed by atoms with van der Waals surface area (Å²) in [6.07, 6.45) is 5.60.